The second-order valence-electron chi connectivity index (χ2n) is 5.59. The molecule has 22 heavy (non-hydrogen) atoms. The van der Waals surface area contributed by atoms with E-state index in [2.05, 4.69) is 15.3 Å². The zero-order chi connectivity index (χ0) is 15.5. The topological polar surface area (TPSA) is 50.2 Å². The highest BCUT2D eigenvalue weighted by molar-refractivity contribution is 6.30. The lowest BCUT2D eigenvalue weighted by molar-refractivity contribution is -0.121. The van der Waals surface area contributed by atoms with Crippen molar-refractivity contribution in [1.29, 1.82) is 0 Å². The molecule has 3 rings (SSSR count). The van der Waals surface area contributed by atoms with Crippen LogP contribution in [0.4, 0.5) is 0 Å². The van der Waals surface area contributed by atoms with E-state index >= 15 is 0 Å². The van der Waals surface area contributed by atoms with Crippen molar-refractivity contribution in [3.05, 3.63) is 52.8 Å². The number of hydrogen-bond donors (Lipinski definition) is 1. The minimum absolute atomic E-state index is 0.0415. The summed E-state index contributed by atoms with van der Waals surface area (Å²) in [5.41, 5.74) is 2.37. The van der Waals surface area contributed by atoms with Crippen molar-refractivity contribution in [2.75, 3.05) is 13.6 Å². The van der Waals surface area contributed by atoms with E-state index in [-0.39, 0.29) is 11.9 Å². The van der Waals surface area contributed by atoms with Crippen molar-refractivity contribution < 1.29 is 4.79 Å². The maximum Gasteiger partial charge on any atom is 0.221 e. The van der Waals surface area contributed by atoms with Crippen LogP contribution in [-0.4, -0.2) is 34.2 Å². The lowest BCUT2D eigenvalue weighted by atomic mass is 10.1. The van der Waals surface area contributed by atoms with E-state index in [9.17, 15) is 4.79 Å². The van der Waals surface area contributed by atoms with Gasteiger partial charge in [-0.1, -0.05) is 23.7 Å². The molecule has 1 aliphatic rings. The number of aromatic nitrogens is 2. The molecule has 2 aromatic rings. The molecule has 2 heterocycles. The van der Waals surface area contributed by atoms with E-state index in [4.69, 9.17) is 11.6 Å². The normalized spacial score (nSPS) is 18.0. The van der Waals surface area contributed by atoms with Crippen LogP contribution in [-0.2, 0) is 17.9 Å². The smallest absolute Gasteiger partial charge is 0.221 e. The standard InChI is InChI=1S/C16H19ClN4O/c1-18-16(22)8-15-11-20(10-14-6-7-19-21(14)15)9-12-2-4-13(17)5-3-12/h2-7,15H,8-11H2,1H3,(H,18,22)/t15-/m1/s1. The fourth-order valence-corrected chi connectivity index (χ4v) is 3.03. The molecule has 0 bridgehead atoms. The first kappa shape index (κ1) is 15.1. The Morgan fingerprint density at radius 2 is 2.14 bits per heavy atom. The number of carbonyl (C=O) groups is 1. The fraction of sp³-hybridized carbons (Fsp3) is 0.375. The van der Waals surface area contributed by atoms with Gasteiger partial charge in [0.25, 0.3) is 0 Å². The summed E-state index contributed by atoms with van der Waals surface area (Å²) in [6, 6.07) is 10.0. The third-order valence-electron chi connectivity index (χ3n) is 3.97. The van der Waals surface area contributed by atoms with Gasteiger partial charge in [0.2, 0.25) is 5.91 Å². The molecular formula is C16H19ClN4O. The average molecular weight is 319 g/mol. The highest BCUT2D eigenvalue weighted by Crippen LogP contribution is 2.24. The number of halogens is 1. The van der Waals surface area contributed by atoms with Gasteiger partial charge in [-0.15, -0.1) is 0 Å². The van der Waals surface area contributed by atoms with E-state index in [0.29, 0.717) is 6.42 Å². The number of fused-ring (bicyclic) bond motifs is 1. The predicted molar refractivity (Wildman–Crippen MR) is 85.5 cm³/mol. The summed E-state index contributed by atoms with van der Waals surface area (Å²) in [4.78, 5) is 14.1. The van der Waals surface area contributed by atoms with Gasteiger partial charge in [-0.25, -0.2) is 0 Å². The monoisotopic (exact) mass is 318 g/mol. The molecule has 1 N–H and O–H groups in total. The van der Waals surface area contributed by atoms with Crippen LogP contribution in [0.25, 0.3) is 0 Å². The molecular weight excluding hydrogens is 300 g/mol. The van der Waals surface area contributed by atoms with Crippen LogP contribution in [0.15, 0.2) is 36.5 Å². The fourth-order valence-electron chi connectivity index (χ4n) is 2.90. The Hall–Kier alpha value is -1.85. The van der Waals surface area contributed by atoms with E-state index in [1.807, 2.05) is 35.0 Å². The molecule has 0 saturated carbocycles. The van der Waals surface area contributed by atoms with Crippen molar-refractivity contribution >= 4 is 17.5 Å². The number of nitrogens with one attached hydrogen (secondary N) is 1. The minimum Gasteiger partial charge on any atom is -0.359 e. The molecule has 0 fully saturated rings. The first-order valence-corrected chi connectivity index (χ1v) is 7.73. The zero-order valence-electron chi connectivity index (χ0n) is 12.5. The number of nitrogens with zero attached hydrogens (tertiary/aromatic N) is 3. The summed E-state index contributed by atoms with van der Waals surface area (Å²) in [5.74, 6) is 0.0415. The first-order valence-electron chi connectivity index (χ1n) is 7.35. The molecule has 1 aliphatic heterocycles. The Labute approximate surface area is 134 Å². The number of benzene rings is 1. The molecule has 1 aromatic carbocycles. The van der Waals surface area contributed by atoms with Crippen molar-refractivity contribution in [2.45, 2.75) is 25.6 Å². The van der Waals surface area contributed by atoms with Crippen molar-refractivity contribution in [3.8, 4) is 0 Å². The molecule has 0 saturated heterocycles. The van der Waals surface area contributed by atoms with E-state index in [1.165, 1.54) is 5.56 Å². The van der Waals surface area contributed by atoms with Crippen LogP contribution in [0.1, 0.15) is 23.7 Å². The van der Waals surface area contributed by atoms with Crippen LogP contribution in [0.2, 0.25) is 5.02 Å². The van der Waals surface area contributed by atoms with Crippen LogP contribution in [0.5, 0.6) is 0 Å². The van der Waals surface area contributed by atoms with Gasteiger partial charge in [0, 0.05) is 37.9 Å². The summed E-state index contributed by atoms with van der Waals surface area (Å²) in [6.45, 7) is 2.49. The van der Waals surface area contributed by atoms with Crippen LogP contribution in [0.3, 0.4) is 0 Å². The summed E-state index contributed by atoms with van der Waals surface area (Å²) in [5, 5.41) is 7.81. The maximum absolute atomic E-state index is 11.7. The molecule has 116 valence electrons. The number of hydrogen-bond acceptors (Lipinski definition) is 3. The summed E-state index contributed by atoms with van der Waals surface area (Å²) < 4.78 is 1.98. The summed E-state index contributed by atoms with van der Waals surface area (Å²) in [7, 11) is 1.67. The van der Waals surface area contributed by atoms with Gasteiger partial charge >= 0.3 is 0 Å². The molecule has 1 amide bonds. The van der Waals surface area contributed by atoms with Crippen LogP contribution < -0.4 is 5.32 Å². The largest absolute Gasteiger partial charge is 0.359 e. The molecule has 0 aliphatic carbocycles. The van der Waals surface area contributed by atoms with Gasteiger partial charge in [-0.2, -0.15) is 5.10 Å². The second kappa shape index (κ2) is 6.50. The average Bonchev–Trinajstić information content (AvgIpc) is 2.98. The third-order valence-corrected chi connectivity index (χ3v) is 4.22. The molecule has 0 unspecified atom stereocenters. The predicted octanol–water partition coefficient (Wildman–Crippen LogP) is 2.23. The Morgan fingerprint density at radius 1 is 1.36 bits per heavy atom. The van der Waals surface area contributed by atoms with E-state index in [1.54, 1.807) is 13.2 Å². The summed E-state index contributed by atoms with van der Waals surface area (Å²) in [6.07, 6.45) is 2.25. The summed E-state index contributed by atoms with van der Waals surface area (Å²) >= 11 is 5.93. The van der Waals surface area contributed by atoms with E-state index in [0.717, 1.165) is 30.4 Å². The minimum atomic E-state index is 0.0415. The van der Waals surface area contributed by atoms with Gasteiger partial charge in [0.15, 0.2) is 0 Å². The second-order valence-corrected chi connectivity index (χ2v) is 6.03. The highest BCUT2D eigenvalue weighted by atomic mass is 35.5. The van der Waals surface area contributed by atoms with Gasteiger partial charge in [-0.05, 0) is 23.8 Å². The first-order chi connectivity index (χ1) is 10.7. The quantitative estimate of drug-likeness (QED) is 0.940. The van der Waals surface area contributed by atoms with Crippen LogP contribution >= 0.6 is 11.6 Å². The molecule has 5 nitrogen and oxygen atoms in total. The Morgan fingerprint density at radius 3 is 2.86 bits per heavy atom. The Kier molecular flexibility index (Phi) is 4.45. The third kappa shape index (κ3) is 3.31. The molecule has 1 aromatic heterocycles. The zero-order valence-corrected chi connectivity index (χ0v) is 13.3. The van der Waals surface area contributed by atoms with Gasteiger partial charge in [-0.3, -0.25) is 14.4 Å². The SMILES string of the molecule is CNC(=O)C[C@@H]1CN(Cc2ccc(Cl)cc2)Cc2ccnn21. The maximum atomic E-state index is 11.7. The van der Waals surface area contributed by atoms with Crippen molar-refractivity contribution in [2.24, 2.45) is 0 Å². The van der Waals surface area contributed by atoms with Gasteiger partial charge in [0.1, 0.15) is 0 Å². The molecule has 6 heteroatoms. The van der Waals surface area contributed by atoms with Crippen molar-refractivity contribution in [3.63, 3.8) is 0 Å². The molecule has 1 atom stereocenters. The van der Waals surface area contributed by atoms with E-state index < -0.39 is 0 Å². The highest BCUT2D eigenvalue weighted by Gasteiger charge is 2.27. The number of carbonyl (C=O) groups excluding carboxylic acids is 1. The Bertz CT molecular complexity index is 652. The number of amides is 1. The molecule has 0 radical (unpaired) electrons. The van der Waals surface area contributed by atoms with Crippen molar-refractivity contribution in [1.82, 2.24) is 20.0 Å². The Balaban J connectivity index is 1.74. The lowest BCUT2D eigenvalue weighted by Gasteiger charge is -2.33. The molecule has 0 spiro atoms. The van der Waals surface area contributed by atoms with Gasteiger partial charge in [0.05, 0.1) is 18.2 Å². The number of rotatable bonds is 4. The lowest BCUT2D eigenvalue weighted by Crippen LogP contribution is -2.39. The van der Waals surface area contributed by atoms with Gasteiger partial charge < -0.3 is 5.32 Å². The van der Waals surface area contributed by atoms with Crippen LogP contribution in [0, 0.1) is 0 Å².